The molecule has 1 aliphatic rings. The average molecular weight is 328 g/mol. The molecule has 0 saturated carbocycles. The van der Waals surface area contributed by atoms with Gasteiger partial charge in [0.1, 0.15) is 0 Å². The molecule has 0 radical (unpaired) electrons. The smallest absolute Gasteiger partial charge is 0.191 e. The number of nitrogens with zero attached hydrogens (tertiary/aromatic N) is 3. The Balaban J connectivity index is 2.26. The van der Waals surface area contributed by atoms with Gasteiger partial charge >= 0.3 is 0 Å². The molecular weight excluding hydrogens is 290 g/mol. The molecule has 23 heavy (non-hydrogen) atoms. The predicted octanol–water partition coefficient (Wildman–Crippen LogP) is 0.994. The van der Waals surface area contributed by atoms with Crippen molar-refractivity contribution in [3.8, 4) is 0 Å². The number of rotatable bonds is 10. The van der Waals surface area contributed by atoms with Gasteiger partial charge in [-0.3, -0.25) is 9.89 Å². The lowest BCUT2D eigenvalue weighted by Gasteiger charge is -2.36. The van der Waals surface area contributed by atoms with Gasteiger partial charge in [-0.05, 0) is 33.9 Å². The van der Waals surface area contributed by atoms with Crippen molar-refractivity contribution < 1.29 is 4.74 Å². The monoisotopic (exact) mass is 327 g/mol. The molecule has 0 aromatic heterocycles. The third-order valence-corrected chi connectivity index (χ3v) is 4.18. The van der Waals surface area contributed by atoms with Gasteiger partial charge in [0.2, 0.25) is 0 Å². The fourth-order valence-corrected chi connectivity index (χ4v) is 2.57. The van der Waals surface area contributed by atoms with E-state index in [0.29, 0.717) is 6.04 Å². The van der Waals surface area contributed by atoms with Crippen molar-refractivity contribution in [3.05, 3.63) is 0 Å². The lowest BCUT2D eigenvalue weighted by atomic mass is 10.2. The Morgan fingerprint density at radius 3 is 2.65 bits per heavy atom. The fourth-order valence-electron chi connectivity index (χ4n) is 2.57. The SMILES string of the molecule is CCCCOCCCNC(=NCC1CN(C)CCN1C)NCC. The van der Waals surface area contributed by atoms with Crippen molar-refractivity contribution in [2.24, 2.45) is 4.99 Å². The highest BCUT2D eigenvalue weighted by Gasteiger charge is 2.21. The van der Waals surface area contributed by atoms with Crippen LogP contribution in [0.25, 0.3) is 0 Å². The second-order valence-corrected chi connectivity index (χ2v) is 6.36. The Kier molecular flexibility index (Phi) is 11.0. The van der Waals surface area contributed by atoms with Crippen LogP contribution in [0.5, 0.6) is 0 Å². The van der Waals surface area contributed by atoms with Gasteiger partial charge in [0, 0.05) is 52.0 Å². The topological polar surface area (TPSA) is 52.1 Å². The van der Waals surface area contributed by atoms with E-state index in [4.69, 9.17) is 9.73 Å². The summed E-state index contributed by atoms with van der Waals surface area (Å²) in [5, 5.41) is 6.73. The molecule has 0 amide bonds. The largest absolute Gasteiger partial charge is 0.381 e. The number of unbranched alkanes of at least 4 members (excludes halogenated alkanes) is 1. The van der Waals surface area contributed by atoms with E-state index in [2.05, 4.69) is 48.4 Å². The van der Waals surface area contributed by atoms with Crippen LogP contribution in [0, 0.1) is 0 Å². The number of hydrogen-bond acceptors (Lipinski definition) is 4. The molecule has 1 atom stereocenters. The van der Waals surface area contributed by atoms with E-state index in [1.54, 1.807) is 0 Å². The van der Waals surface area contributed by atoms with Gasteiger partial charge in [-0.25, -0.2) is 0 Å². The molecule has 0 spiro atoms. The molecule has 6 heteroatoms. The summed E-state index contributed by atoms with van der Waals surface area (Å²) in [5.41, 5.74) is 0. The number of aliphatic imine (C=N–C) groups is 1. The van der Waals surface area contributed by atoms with Gasteiger partial charge in [-0.2, -0.15) is 0 Å². The summed E-state index contributed by atoms with van der Waals surface area (Å²) in [6, 6.07) is 0.501. The number of hydrogen-bond donors (Lipinski definition) is 2. The number of guanidine groups is 1. The van der Waals surface area contributed by atoms with Crippen molar-refractivity contribution in [1.82, 2.24) is 20.4 Å². The van der Waals surface area contributed by atoms with Crippen LogP contribution in [-0.2, 0) is 4.74 Å². The summed E-state index contributed by atoms with van der Waals surface area (Å²) in [4.78, 5) is 9.55. The Morgan fingerprint density at radius 2 is 1.91 bits per heavy atom. The number of ether oxygens (including phenoxy) is 1. The Morgan fingerprint density at radius 1 is 1.13 bits per heavy atom. The third-order valence-electron chi connectivity index (χ3n) is 4.18. The minimum Gasteiger partial charge on any atom is -0.381 e. The van der Waals surface area contributed by atoms with E-state index >= 15 is 0 Å². The predicted molar refractivity (Wildman–Crippen MR) is 98.2 cm³/mol. The molecule has 1 heterocycles. The van der Waals surface area contributed by atoms with Crippen LogP contribution in [0.15, 0.2) is 4.99 Å². The first-order valence-corrected chi connectivity index (χ1v) is 9.16. The standard InChI is InChI=1S/C17H37N5O/c1-5-7-12-23-13-8-9-19-17(18-6-2)20-14-16-15-21(3)10-11-22(16)4/h16H,5-15H2,1-4H3,(H2,18,19,20). The van der Waals surface area contributed by atoms with Gasteiger partial charge in [-0.15, -0.1) is 0 Å². The Labute approximate surface area is 142 Å². The number of nitrogens with one attached hydrogen (secondary N) is 2. The van der Waals surface area contributed by atoms with Gasteiger partial charge in [0.05, 0.1) is 6.54 Å². The molecule has 6 nitrogen and oxygen atoms in total. The summed E-state index contributed by atoms with van der Waals surface area (Å²) in [6.45, 7) is 12.0. The van der Waals surface area contributed by atoms with Crippen LogP contribution in [-0.4, -0.2) is 88.4 Å². The van der Waals surface area contributed by atoms with Crippen LogP contribution in [0.3, 0.4) is 0 Å². The second-order valence-electron chi connectivity index (χ2n) is 6.36. The third kappa shape index (κ3) is 9.13. The Hall–Kier alpha value is -0.850. The molecule has 1 aliphatic heterocycles. The highest BCUT2D eigenvalue weighted by atomic mass is 16.5. The van der Waals surface area contributed by atoms with Gasteiger partial charge in [0.15, 0.2) is 5.96 Å². The first-order valence-electron chi connectivity index (χ1n) is 9.16. The van der Waals surface area contributed by atoms with Crippen LogP contribution in [0.2, 0.25) is 0 Å². The second kappa shape index (κ2) is 12.6. The maximum absolute atomic E-state index is 5.58. The minimum atomic E-state index is 0.501. The van der Waals surface area contributed by atoms with E-state index in [1.165, 1.54) is 6.42 Å². The zero-order valence-corrected chi connectivity index (χ0v) is 15.6. The zero-order chi connectivity index (χ0) is 16.9. The zero-order valence-electron chi connectivity index (χ0n) is 15.6. The lowest BCUT2D eigenvalue weighted by Crippen LogP contribution is -2.51. The van der Waals surface area contributed by atoms with Crippen molar-refractivity contribution in [3.63, 3.8) is 0 Å². The van der Waals surface area contributed by atoms with Gasteiger partial charge < -0.3 is 20.3 Å². The summed E-state index contributed by atoms with van der Waals surface area (Å²) in [5.74, 6) is 0.919. The maximum Gasteiger partial charge on any atom is 0.191 e. The summed E-state index contributed by atoms with van der Waals surface area (Å²) >= 11 is 0. The van der Waals surface area contributed by atoms with E-state index in [1.807, 2.05) is 0 Å². The highest BCUT2D eigenvalue weighted by Crippen LogP contribution is 2.05. The highest BCUT2D eigenvalue weighted by molar-refractivity contribution is 5.79. The molecular formula is C17H37N5O. The van der Waals surface area contributed by atoms with E-state index < -0.39 is 0 Å². The van der Waals surface area contributed by atoms with Crippen molar-refractivity contribution in [1.29, 1.82) is 0 Å². The van der Waals surface area contributed by atoms with Crippen LogP contribution in [0.4, 0.5) is 0 Å². The summed E-state index contributed by atoms with van der Waals surface area (Å²) in [7, 11) is 4.38. The van der Waals surface area contributed by atoms with Crippen LogP contribution in [0.1, 0.15) is 33.1 Å². The molecule has 1 unspecified atom stereocenters. The maximum atomic E-state index is 5.58. The molecule has 0 aliphatic carbocycles. The van der Waals surface area contributed by atoms with Crippen molar-refractivity contribution in [2.75, 3.05) is 66.6 Å². The van der Waals surface area contributed by atoms with Crippen LogP contribution < -0.4 is 10.6 Å². The van der Waals surface area contributed by atoms with E-state index in [0.717, 1.165) is 71.3 Å². The fraction of sp³-hybridized carbons (Fsp3) is 0.941. The van der Waals surface area contributed by atoms with Crippen molar-refractivity contribution in [2.45, 2.75) is 39.2 Å². The van der Waals surface area contributed by atoms with Gasteiger partial charge in [0.25, 0.3) is 0 Å². The average Bonchev–Trinajstić information content (AvgIpc) is 2.54. The van der Waals surface area contributed by atoms with Crippen LogP contribution >= 0.6 is 0 Å². The lowest BCUT2D eigenvalue weighted by molar-refractivity contribution is 0.119. The van der Waals surface area contributed by atoms with Crippen molar-refractivity contribution >= 4 is 5.96 Å². The molecule has 1 rings (SSSR count). The molecule has 1 fully saturated rings. The first kappa shape index (κ1) is 20.2. The first-order chi connectivity index (χ1) is 11.2. The molecule has 2 N–H and O–H groups in total. The van der Waals surface area contributed by atoms with E-state index in [9.17, 15) is 0 Å². The molecule has 0 aromatic carbocycles. The normalized spacial score (nSPS) is 20.7. The quantitative estimate of drug-likeness (QED) is 0.356. The van der Waals surface area contributed by atoms with E-state index in [-0.39, 0.29) is 0 Å². The molecule has 1 saturated heterocycles. The minimum absolute atomic E-state index is 0.501. The van der Waals surface area contributed by atoms with Gasteiger partial charge in [-0.1, -0.05) is 13.3 Å². The molecule has 0 aromatic rings. The summed E-state index contributed by atoms with van der Waals surface area (Å²) < 4.78 is 5.58. The number of likely N-dealkylation sites (N-methyl/N-ethyl adjacent to an activating group) is 2. The molecule has 0 bridgehead atoms. The molecule has 136 valence electrons. The number of piperazine rings is 1. The summed E-state index contributed by atoms with van der Waals surface area (Å²) in [6.07, 6.45) is 3.36. The Bertz CT molecular complexity index is 324.